The van der Waals surface area contributed by atoms with Crippen LogP contribution in [0.1, 0.15) is 26.3 Å². The van der Waals surface area contributed by atoms with Crippen molar-refractivity contribution in [2.24, 2.45) is 0 Å². The minimum Gasteiger partial charge on any atom is -0.463 e. The van der Waals surface area contributed by atoms with Crippen LogP contribution in [0.3, 0.4) is 0 Å². The van der Waals surface area contributed by atoms with Gasteiger partial charge in [-0.1, -0.05) is 0 Å². The molecule has 1 amide bonds. The van der Waals surface area contributed by atoms with E-state index in [1.165, 1.54) is 0 Å². The Morgan fingerprint density at radius 2 is 2.29 bits per heavy atom. The summed E-state index contributed by atoms with van der Waals surface area (Å²) in [7, 11) is 3.62. The third-order valence-corrected chi connectivity index (χ3v) is 4.40. The van der Waals surface area contributed by atoms with E-state index >= 15 is 0 Å². The lowest BCUT2D eigenvalue weighted by atomic mass is 10.2. The predicted octanol–water partition coefficient (Wildman–Crippen LogP) is 2.38. The minimum absolute atomic E-state index is 0.0372. The van der Waals surface area contributed by atoms with Crippen LogP contribution in [0, 0.1) is 0 Å². The molecule has 3 rings (SSSR count). The zero-order chi connectivity index (χ0) is 17.3. The van der Waals surface area contributed by atoms with Crippen LogP contribution in [0.25, 0.3) is 11.5 Å². The number of ether oxygens (including phenoxy) is 1. The van der Waals surface area contributed by atoms with Gasteiger partial charge < -0.3 is 14.5 Å². The molecule has 0 radical (unpaired) electrons. The first kappa shape index (κ1) is 16.7. The van der Waals surface area contributed by atoms with Crippen LogP contribution in [-0.2, 0) is 9.53 Å². The number of rotatable bonds is 5. The zero-order valence-electron chi connectivity index (χ0n) is 14.5. The molecule has 130 valence electrons. The van der Waals surface area contributed by atoms with E-state index in [4.69, 9.17) is 9.15 Å². The van der Waals surface area contributed by atoms with E-state index in [1.54, 1.807) is 18.1 Å². The van der Waals surface area contributed by atoms with E-state index in [0.29, 0.717) is 23.7 Å². The molecule has 1 saturated heterocycles. The number of nitrogens with zero attached hydrogens (tertiary/aromatic N) is 3. The first-order valence-electron chi connectivity index (χ1n) is 8.17. The molecule has 2 atom stereocenters. The monoisotopic (exact) mass is 332 g/mol. The van der Waals surface area contributed by atoms with Crippen LogP contribution in [0.2, 0.25) is 0 Å². The number of likely N-dealkylation sites (tertiary alicyclic amines) is 1. The number of anilines is 1. The summed E-state index contributed by atoms with van der Waals surface area (Å²) in [6.45, 7) is 4.81. The van der Waals surface area contributed by atoms with Crippen molar-refractivity contribution in [1.82, 2.24) is 14.7 Å². The second kappa shape index (κ2) is 6.78. The van der Waals surface area contributed by atoms with Crippen molar-refractivity contribution in [2.45, 2.75) is 38.5 Å². The van der Waals surface area contributed by atoms with E-state index in [9.17, 15) is 4.79 Å². The number of methoxy groups -OCH3 is 1. The van der Waals surface area contributed by atoms with Crippen molar-refractivity contribution in [3.63, 3.8) is 0 Å². The van der Waals surface area contributed by atoms with Gasteiger partial charge in [0, 0.05) is 25.8 Å². The highest BCUT2D eigenvalue weighted by molar-refractivity contribution is 5.94. The summed E-state index contributed by atoms with van der Waals surface area (Å²) in [6.07, 6.45) is 2.40. The molecule has 0 spiro atoms. The molecule has 1 fully saturated rings. The smallest absolute Gasteiger partial charge is 0.242 e. The Kier molecular flexibility index (Phi) is 4.73. The van der Waals surface area contributed by atoms with Gasteiger partial charge in [0.1, 0.15) is 11.5 Å². The highest BCUT2D eigenvalue weighted by atomic mass is 16.5. The Bertz CT molecular complexity index is 693. The largest absolute Gasteiger partial charge is 0.463 e. The molecular weight excluding hydrogens is 308 g/mol. The fourth-order valence-electron chi connectivity index (χ4n) is 3.07. The van der Waals surface area contributed by atoms with Crippen molar-refractivity contribution < 1.29 is 13.9 Å². The van der Waals surface area contributed by atoms with Crippen molar-refractivity contribution in [2.75, 3.05) is 26.0 Å². The highest BCUT2D eigenvalue weighted by Crippen LogP contribution is 2.26. The zero-order valence-corrected chi connectivity index (χ0v) is 14.5. The van der Waals surface area contributed by atoms with Gasteiger partial charge in [0.2, 0.25) is 5.91 Å². The fourth-order valence-corrected chi connectivity index (χ4v) is 3.07. The number of aromatic nitrogens is 2. The van der Waals surface area contributed by atoms with Gasteiger partial charge >= 0.3 is 0 Å². The van der Waals surface area contributed by atoms with Gasteiger partial charge in [0.05, 0.1) is 18.4 Å². The number of furan rings is 1. The molecule has 0 saturated carbocycles. The summed E-state index contributed by atoms with van der Waals surface area (Å²) in [4.78, 5) is 14.7. The number of amides is 1. The lowest BCUT2D eigenvalue weighted by Gasteiger charge is -2.19. The standard InChI is InChI=1S/C17H24N4O3/c1-11(2)21-16(9-13(19-21)15-6-5-7-24-15)18-17(22)14-8-12(23-4)10-20(14)3/h5-7,9,11-12,14H,8,10H2,1-4H3,(H,18,22)/t12-,14-/m0/s1. The summed E-state index contributed by atoms with van der Waals surface area (Å²) in [5, 5.41) is 7.57. The summed E-state index contributed by atoms with van der Waals surface area (Å²) < 4.78 is 12.6. The van der Waals surface area contributed by atoms with Crippen LogP contribution in [0.5, 0.6) is 0 Å². The number of carbonyl (C=O) groups is 1. The van der Waals surface area contributed by atoms with Crippen molar-refractivity contribution in [1.29, 1.82) is 0 Å². The van der Waals surface area contributed by atoms with Gasteiger partial charge in [-0.05, 0) is 39.4 Å². The molecule has 2 aromatic rings. The predicted molar refractivity (Wildman–Crippen MR) is 90.8 cm³/mol. The maximum Gasteiger partial charge on any atom is 0.242 e. The minimum atomic E-state index is -0.197. The SMILES string of the molecule is CO[C@H]1C[C@@H](C(=O)Nc2cc(-c3ccco3)nn2C(C)C)N(C)C1. The number of nitrogens with one attached hydrogen (secondary N) is 1. The maximum atomic E-state index is 12.7. The Hall–Kier alpha value is -2.12. The van der Waals surface area contributed by atoms with Crippen LogP contribution < -0.4 is 5.32 Å². The Morgan fingerprint density at radius 3 is 2.88 bits per heavy atom. The van der Waals surface area contributed by atoms with Crippen molar-refractivity contribution >= 4 is 11.7 Å². The Morgan fingerprint density at radius 1 is 1.50 bits per heavy atom. The fraction of sp³-hybridized carbons (Fsp3) is 0.529. The van der Waals surface area contributed by atoms with Gasteiger partial charge in [-0.25, -0.2) is 4.68 Å². The average Bonchev–Trinajstić information content (AvgIpc) is 3.24. The molecule has 24 heavy (non-hydrogen) atoms. The molecule has 2 aromatic heterocycles. The van der Waals surface area contributed by atoms with Crippen molar-refractivity contribution in [3.8, 4) is 11.5 Å². The van der Waals surface area contributed by atoms with E-state index in [2.05, 4.69) is 10.4 Å². The topological polar surface area (TPSA) is 72.5 Å². The number of hydrogen-bond acceptors (Lipinski definition) is 5. The van der Waals surface area contributed by atoms with Crippen LogP contribution in [0.4, 0.5) is 5.82 Å². The number of likely N-dealkylation sites (N-methyl/N-ethyl adjacent to an activating group) is 1. The molecule has 7 heteroatoms. The molecule has 0 aliphatic carbocycles. The van der Waals surface area contributed by atoms with E-state index in [0.717, 1.165) is 6.54 Å². The summed E-state index contributed by atoms with van der Waals surface area (Å²) in [5.74, 6) is 1.32. The van der Waals surface area contributed by atoms with E-state index in [-0.39, 0.29) is 24.1 Å². The average molecular weight is 332 g/mol. The van der Waals surface area contributed by atoms with Crippen molar-refractivity contribution in [3.05, 3.63) is 24.5 Å². The highest BCUT2D eigenvalue weighted by Gasteiger charge is 2.35. The second-order valence-corrected chi connectivity index (χ2v) is 6.47. The number of carbonyl (C=O) groups excluding carboxylic acids is 1. The number of hydrogen-bond donors (Lipinski definition) is 1. The molecule has 0 bridgehead atoms. The van der Waals surface area contributed by atoms with Crippen LogP contribution >= 0.6 is 0 Å². The molecule has 3 heterocycles. The first-order valence-corrected chi connectivity index (χ1v) is 8.17. The maximum absolute atomic E-state index is 12.7. The quantitative estimate of drug-likeness (QED) is 0.910. The van der Waals surface area contributed by atoms with Crippen LogP contribution in [0.15, 0.2) is 28.9 Å². The van der Waals surface area contributed by atoms with Gasteiger partial charge in [0.25, 0.3) is 0 Å². The normalized spacial score (nSPS) is 21.5. The molecular formula is C17H24N4O3. The molecule has 1 aliphatic rings. The van der Waals surface area contributed by atoms with Gasteiger partial charge in [-0.3, -0.25) is 9.69 Å². The third kappa shape index (κ3) is 3.22. The summed E-state index contributed by atoms with van der Waals surface area (Å²) in [6, 6.07) is 5.45. The van der Waals surface area contributed by atoms with E-state index in [1.807, 2.05) is 44.0 Å². The third-order valence-electron chi connectivity index (χ3n) is 4.40. The second-order valence-electron chi connectivity index (χ2n) is 6.47. The molecule has 1 N–H and O–H groups in total. The molecule has 1 aliphatic heterocycles. The Labute approximate surface area is 141 Å². The molecule has 7 nitrogen and oxygen atoms in total. The summed E-state index contributed by atoms with van der Waals surface area (Å²) in [5.41, 5.74) is 0.707. The lowest BCUT2D eigenvalue weighted by Crippen LogP contribution is -2.37. The van der Waals surface area contributed by atoms with Gasteiger partial charge in [-0.2, -0.15) is 5.10 Å². The first-order chi connectivity index (χ1) is 11.5. The molecule has 0 aromatic carbocycles. The summed E-state index contributed by atoms with van der Waals surface area (Å²) >= 11 is 0. The lowest BCUT2D eigenvalue weighted by molar-refractivity contribution is -0.120. The molecule has 0 unspecified atom stereocenters. The van der Waals surface area contributed by atoms with Gasteiger partial charge in [-0.15, -0.1) is 0 Å². The van der Waals surface area contributed by atoms with E-state index < -0.39 is 0 Å². The van der Waals surface area contributed by atoms with Gasteiger partial charge in [0.15, 0.2) is 5.76 Å². The Balaban J connectivity index is 1.80. The van der Waals surface area contributed by atoms with Crippen LogP contribution in [-0.4, -0.2) is 53.4 Å².